The summed E-state index contributed by atoms with van der Waals surface area (Å²) in [6.45, 7) is 0.317. The molecule has 16 heavy (non-hydrogen) atoms. The van der Waals surface area contributed by atoms with Crippen LogP contribution in [0.2, 0.25) is 0 Å². The number of aromatic nitrogens is 1. The van der Waals surface area contributed by atoms with Crippen LogP contribution >= 0.6 is 15.9 Å². The van der Waals surface area contributed by atoms with Gasteiger partial charge in [0.15, 0.2) is 0 Å². The van der Waals surface area contributed by atoms with Crippen LogP contribution in [0.15, 0.2) is 22.8 Å². The van der Waals surface area contributed by atoms with Crippen molar-refractivity contribution in [3.8, 4) is 0 Å². The molecule has 0 aromatic carbocycles. The number of nitrogens with zero attached hydrogens (tertiary/aromatic N) is 2. The number of pyridine rings is 1. The second-order valence-corrected chi connectivity index (χ2v) is 4.44. The van der Waals surface area contributed by atoms with Crippen LogP contribution in [0.1, 0.15) is 6.42 Å². The van der Waals surface area contributed by atoms with E-state index in [2.05, 4.69) is 20.9 Å². The third kappa shape index (κ3) is 2.06. The zero-order valence-electron chi connectivity index (χ0n) is 8.39. The van der Waals surface area contributed by atoms with Gasteiger partial charge in [-0.15, -0.1) is 0 Å². The molecule has 2 heterocycles. The molecule has 0 bridgehead atoms. The molecule has 6 heteroatoms. The molecule has 0 aliphatic carbocycles. The van der Waals surface area contributed by atoms with Crippen molar-refractivity contribution in [1.82, 2.24) is 4.98 Å². The lowest BCUT2D eigenvalue weighted by molar-refractivity contribution is -0.123. The smallest absolute Gasteiger partial charge is 0.229 e. The molecule has 1 aliphatic rings. The van der Waals surface area contributed by atoms with Crippen molar-refractivity contribution in [1.29, 1.82) is 0 Å². The van der Waals surface area contributed by atoms with E-state index in [0.717, 1.165) is 0 Å². The van der Waals surface area contributed by atoms with Crippen molar-refractivity contribution < 1.29 is 9.59 Å². The van der Waals surface area contributed by atoms with Gasteiger partial charge >= 0.3 is 0 Å². The molecule has 2 N–H and O–H groups in total. The largest absolute Gasteiger partial charge is 0.369 e. The second-order valence-electron chi connectivity index (χ2n) is 3.63. The van der Waals surface area contributed by atoms with Gasteiger partial charge in [0.1, 0.15) is 10.4 Å². The summed E-state index contributed by atoms with van der Waals surface area (Å²) in [5, 5.41) is 0. The minimum absolute atomic E-state index is 0.116. The predicted octanol–water partition coefficient (Wildman–Crippen LogP) is 0.682. The van der Waals surface area contributed by atoms with Crippen molar-refractivity contribution in [2.75, 3.05) is 11.4 Å². The van der Waals surface area contributed by atoms with E-state index < -0.39 is 11.8 Å². The summed E-state index contributed by atoms with van der Waals surface area (Å²) < 4.78 is 0.653. The molecule has 2 rings (SSSR count). The summed E-state index contributed by atoms with van der Waals surface area (Å²) in [4.78, 5) is 28.3. The molecular weight excluding hydrogens is 274 g/mol. The first-order valence-corrected chi connectivity index (χ1v) is 5.59. The Hall–Kier alpha value is -1.43. The third-order valence-corrected chi connectivity index (χ3v) is 2.95. The molecule has 1 aromatic heterocycles. The zero-order chi connectivity index (χ0) is 11.7. The molecule has 0 spiro atoms. The van der Waals surface area contributed by atoms with Gasteiger partial charge in [0, 0.05) is 13.0 Å². The number of halogens is 1. The van der Waals surface area contributed by atoms with Gasteiger partial charge in [-0.1, -0.05) is 6.07 Å². The maximum atomic E-state index is 11.7. The van der Waals surface area contributed by atoms with Crippen LogP contribution in [-0.4, -0.2) is 23.3 Å². The lowest BCUT2D eigenvalue weighted by atomic mass is 10.1. The Labute approximate surface area is 101 Å². The maximum Gasteiger partial charge on any atom is 0.229 e. The van der Waals surface area contributed by atoms with E-state index >= 15 is 0 Å². The molecule has 0 radical (unpaired) electrons. The standard InChI is InChI=1S/C10H10BrN3O2/c11-7-2-1-3-8(13-7)14-5-6(10(12)16)4-9(14)15/h1-3,6H,4-5H2,(H2,12,16). The van der Waals surface area contributed by atoms with Gasteiger partial charge in [-0.05, 0) is 28.1 Å². The number of anilines is 1. The second kappa shape index (κ2) is 4.21. The van der Waals surface area contributed by atoms with Crippen molar-refractivity contribution >= 4 is 33.6 Å². The summed E-state index contributed by atoms with van der Waals surface area (Å²) in [6.07, 6.45) is 0.170. The van der Waals surface area contributed by atoms with E-state index in [0.29, 0.717) is 17.0 Å². The van der Waals surface area contributed by atoms with Crippen molar-refractivity contribution in [2.45, 2.75) is 6.42 Å². The molecule has 1 aliphatic heterocycles. The van der Waals surface area contributed by atoms with Gasteiger partial charge in [-0.3, -0.25) is 14.5 Å². The summed E-state index contributed by atoms with van der Waals surface area (Å²) in [7, 11) is 0. The van der Waals surface area contributed by atoms with E-state index in [1.54, 1.807) is 18.2 Å². The van der Waals surface area contributed by atoms with Crippen molar-refractivity contribution in [3.63, 3.8) is 0 Å². The van der Waals surface area contributed by atoms with Gasteiger partial charge in [0.05, 0.1) is 5.92 Å². The highest BCUT2D eigenvalue weighted by Gasteiger charge is 2.34. The first kappa shape index (κ1) is 11.1. The maximum absolute atomic E-state index is 11.7. The number of carbonyl (C=O) groups is 2. The Balaban J connectivity index is 2.23. The fourth-order valence-electron chi connectivity index (χ4n) is 1.67. The monoisotopic (exact) mass is 283 g/mol. The first-order valence-electron chi connectivity index (χ1n) is 4.80. The van der Waals surface area contributed by atoms with Crippen LogP contribution < -0.4 is 10.6 Å². The molecule has 1 saturated heterocycles. The highest BCUT2D eigenvalue weighted by molar-refractivity contribution is 9.10. The Morgan fingerprint density at radius 1 is 1.56 bits per heavy atom. The number of hydrogen-bond acceptors (Lipinski definition) is 3. The molecule has 1 atom stereocenters. The summed E-state index contributed by atoms with van der Waals surface area (Å²) >= 11 is 3.23. The Morgan fingerprint density at radius 2 is 2.31 bits per heavy atom. The van der Waals surface area contributed by atoms with E-state index in [1.807, 2.05) is 0 Å². The van der Waals surface area contributed by atoms with Crippen LogP contribution in [0.5, 0.6) is 0 Å². The topological polar surface area (TPSA) is 76.3 Å². The minimum atomic E-state index is -0.439. The summed E-state index contributed by atoms with van der Waals surface area (Å²) in [6, 6.07) is 5.29. The number of nitrogens with two attached hydrogens (primary N) is 1. The van der Waals surface area contributed by atoms with Crippen LogP contribution in [0.4, 0.5) is 5.82 Å². The van der Waals surface area contributed by atoms with E-state index in [-0.39, 0.29) is 12.3 Å². The average molecular weight is 284 g/mol. The Kier molecular flexibility index (Phi) is 2.91. The number of amides is 2. The van der Waals surface area contributed by atoms with E-state index in [9.17, 15) is 9.59 Å². The fraction of sp³-hybridized carbons (Fsp3) is 0.300. The van der Waals surface area contributed by atoms with Gasteiger partial charge in [-0.2, -0.15) is 0 Å². The molecule has 1 unspecified atom stereocenters. The number of primary amides is 1. The fourth-order valence-corrected chi connectivity index (χ4v) is 2.00. The molecule has 1 aromatic rings. The molecule has 0 saturated carbocycles. The SMILES string of the molecule is NC(=O)C1CC(=O)N(c2cccc(Br)n2)C1. The highest BCUT2D eigenvalue weighted by Crippen LogP contribution is 2.24. The predicted molar refractivity (Wildman–Crippen MR) is 61.6 cm³/mol. The van der Waals surface area contributed by atoms with Crippen LogP contribution in [0, 0.1) is 5.92 Å². The molecule has 2 amide bonds. The highest BCUT2D eigenvalue weighted by atomic mass is 79.9. The van der Waals surface area contributed by atoms with Crippen LogP contribution in [0.25, 0.3) is 0 Å². The average Bonchev–Trinajstić information content (AvgIpc) is 2.60. The van der Waals surface area contributed by atoms with Gasteiger partial charge in [0.2, 0.25) is 11.8 Å². The van der Waals surface area contributed by atoms with Crippen LogP contribution in [-0.2, 0) is 9.59 Å². The third-order valence-electron chi connectivity index (χ3n) is 2.50. The molecular formula is C10H10BrN3O2. The number of rotatable bonds is 2. The van der Waals surface area contributed by atoms with Crippen LogP contribution in [0.3, 0.4) is 0 Å². The van der Waals surface area contributed by atoms with E-state index in [1.165, 1.54) is 4.90 Å². The van der Waals surface area contributed by atoms with Gasteiger partial charge in [0.25, 0.3) is 0 Å². The zero-order valence-corrected chi connectivity index (χ0v) is 9.98. The number of carbonyl (C=O) groups excluding carboxylic acids is 2. The molecule has 5 nitrogen and oxygen atoms in total. The van der Waals surface area contributed by atoms with Gasteiger partial charge < -0.3 is 5.73 Å². The van der Waals surface area contributed by atoms with E-state index in [4.69, 9.17) is 5.73 Å². The van der Waals surface area contributed by atoms with Crippen molar-refractivity contribution in [3.05, 3.63) is 22.8 Å². The first-order chi connectivity index (χ1) is 7.58. The quantitative estimate of drug-likeness (QED) is 0.811. The number of hydrogen-bond donors (Lipinski definition) is 1. The van der Waals surface area contributed by atoms with Crippen molar-refractivity contribution in [2.24, 2.45) is 11.7 Å². The normalized spacial score (nSPS) is 20.2. The summed E-state index contributed by atoms with van der Waals surface area (Å²) in [5.41, 5.74) is 5.18. The Morgan fingerprint density at radius 3 is 2.88 bits per heavy atom. The summed E-state index contributed by atoms with van der Waals surface area (Å²) in [5.74, 6) is -0.420. The molecule has 84 valence electrons. The molecule has 1 fully saturated rings. The lowest BCUT2D eigenvalue weighted by Crippen LogP contribution is -2.28. The Bertz CT molecular complexity index is 449. The lowest BCUT2D eigenvalue weighted by Gasteiger charge is -2.14. The van der Waals surface area contributed by atoms with Gasteiger partial charge in [-0.25, -0.2) is 4.98 Å². The minimum Gasteiger partial charge on any atom is -0.369 e.